The van der Waals surface area contributed by atoms with E-state index >= 15 is 0 Å². The molecular weight excluding hydrogens is 364 g/mol. The van der Waals surface area contributed by atoms with Crippen molar-refractivity contribution in [3.63, 3.8) is 0 Å². The van der Waals surface area contributed by atoms with Crippen molar-refractivity contribution in [1.29, 1.82) is 0 Å². The number of methoxy groups -OCH3 is 1. The molecule has 1 aromatic rings. The number of amides is 1. The van der Waals surface area contributed by atoms with Crippen LogP contribution in [0.3, 0.4) is 0 Å². The summed E-state index contributed by atoms with van der Waals surface area (Å²) in [5, 5.41) is 2.99. The molecule has 0 aromatic heterocycles. The average Bonchev–Trinajstić information content (AvgIpc) is 2.59. The van der Waals surface area contributed by atoms with E-state index < -0.39 is 10.0 Å². The van der Waals surface area contributed by atoms with Crippen LogP contribution in [-0.4, -0.2) is 44.4 Å². The van der Waals surface area contributed by atoms with Crippen LogP contribution in [0.15, 0.2) is 23.1 Å². The van der Waals surface area contributed by atoms with Crippen molar-refractivity contribution in [2.45, 2.75) is 63.8 Å². The fourth-order valence-electron chi connectivity index (χ4n) is 3.22. The van der Waals surface area contributed by atoms with Crippen molar-refractivity contribution in [1.82, 2.24) is 9.62 Å². The van der Waals surface area contributed by atoms with E-state index in [0.29, 0.717) is 31.7 Å². The third-order valence-corrected chi connectivity index (χ3v) is 6.71. The maximum absolute atomic E-state index is 13.2. The van der Waals surface area contributed by atoms with E-state index in [4.69, 9.17) is 4.74 Å². The highest BCUT2D eigenvalue weighted by atomic mass is 32.2. The molecule has 1 aliphatic heterocycles. The first-order chi connectivity index (χ1) is 12.5. The molecule has 1 saturated heterocycles. The zero-order chi connectivity index (χ0) is 20.4. The first kappa shape index (κ1) is 21.7. The fraction of sp³-hybridized carbons (Fsp3) is 0.650. The number of ether oxygens (including phenoxy) is 1. The zero-order valence-corrected chi connectivity index (χ0v) is 18.0. The number of hydrogen-bond acceptors (Lipinski definition) is 4. The lowest BCUT2D eigenvalue weighted by atomic mass is 9.96. The number of carbonyl (C=O) groups excluding carboxylic acids is 1. The first-order valence-electron chi connectivity index (χ1n) is 9.46. The molecule has 0 unspecified atom stereocenters. The van der Waals surface area contributed by atoms with Crippen molar-refractivity contribution < 1.29 is 17.9 Å². The minimum Gasteiger partial charge on any atom is -0.495 e. The van der Waals surface area contributed by atoms with Crippen molar-refractivity contribution in [2.75, 3.05) is 20.2 Å². The van der Waals surface area contributed by atoms with Crippen LogP contribution in [0.25, 0.3) is 0 Å². The van der Waals surface area contributed by atoms with E-state index in [-0.39, 0.29) is 28.2 Å². The number of sulfonamides is 1. The van der Waals surface area contributed by atoms with Crippen LogP contribution in [0, 0.1) is 5.92 Å². The molecule has 1 fully saturated rings. The molecule has 0 bridgehead atoms. The topological polar surface area (TPSA) is 75.7 Å². The summed E-state index contributed by atoms with van der Waals surface area (Å²) in [7, 11) is -2.19. The van der Waals surface area contributed by atoms with Crippen molar-refractivity contribution in [3.8, 4) is 5.75 Å². The summed E-state index contributed by atoms with van der Waals surface area (Å²) < 4.78 is 33.2. The van der Waals surface area contributed by atoms with Crippen LogP contribution < -0.4 is 10.1 Å². The molecule has 6 nitrogen and oxygen atoms in total. The molecule has 152 valence electrons. The highest BCUT2D eigenvalue weighted by molar-refractivity contribution is 7.89. The molecule has 0 spiro atoms. The molecule has 1 amide bonds. The Bertz CT molecular complexity index is 774. The van der Waals surface area contributed by atoms with Crippen LogP contribution in [0.4, 0.5) is 0 Å². The summed E-state index contributed by atoms with van der Waals surface area (Å²) in [6.45, 7) is 10.5. The summed E-state index contributed by atoms with van der Waals surface area (Å²) in [4.78, 5) is 12.6. The van der Waals surface area contributed by atoms with E-state index in [9.17, 15) is 13.2 Å². The minimum atomic E-state index is -3.67. The minimum absolute atomic E-state index is 0.000987. The molecule has 1 heterocycles. The van der Waals surface area contributed by atoms with Crippen LogP contribution in [0.1, 0.15) is 58.9 Å². The second kappa shape index (κ2) is 8.19. The molecular formula is C20H32N2O4S. The maximum atomic E-state index is 13.2. The number of nitrogens with one attached hydrogen (secondary N) is 1. The smallest absolute Gasteiger partial charge is 0.246 e. The number of carbonyl (C=O) groups is 1. The van der Waals surface area contributed by atoms with Gasteiger partial charge in [-0.3, -0.25) is 4.79 Å². The second-order valence-corrected chi connectivity index (χ2v) is 10.4. The largest absolute Gasteiger partial charge is 0.495 e. The molecule has 0 saturated carbocycles. The standard InChI is InChI=1S/C20H32N2O4S/c1-14(2)16-7-8-17(26-6)18(13-16)27(24,25)22-11-9-15(10-12-22)19(23)21-20(3,4)5/h7-8,13-15H,9-12H2,1-6H3,(H,21,23). The lowest BCUT2D eigenvalue weighted by Crippen LogP contribution is -2.47. The predicted molar refractivity (Wildman–Crippen MR) is 106 cm³/mol. The maximum Gasteiger partial charge on any atom is 0.246 e. The number of hydrogen-bond donors (Lipinski definition) is 1. The molecule has 0 radical (unpaired) electrons. The fourth-order valence-corrected chi connectivity index (χ4v) is 4.88. The lowest BCUT2D eigenvalue weighted by molar-refractivity contribution is -0.127. The van der Waals surface area contributed by atoms with E-state index in [1.54, 1.807) is 12.1 Å². The molecule has 7 heteroatoms. The third-order valence-electron chi connectivity index (χ3n) is 4.80. The van der Waals surface area contributed by atoms with Crippen LogP contribution >= 0.6 is 0 Å². The quantitative estimate of drug-likeness (QED) is 0.830. The van der Waals surface area contributed by atoms with E-state index in [1.807, 2.05) is 40.7 Å². The molecule has 2 rings (SSSR count). The summed E-state index contributed by atoms with van der Waals surface area (Å²) in [5.41, 5.74) is 0.666. The van der Waals surface area contributed by atoms with E-state index in [2.05, 4.69) is 5.32 Å². The lowest BCUT2D eigenvalue weighted by Gasteiger charge is -2.32. The van der Waals surface area contributed by atoms with Gasteiger partial charge in [0.1, 0.15) is 10.6 Å². The van der Waals surface area contributed by atoms with Crippen molar-refractivity contribution in [3.05, 3.63) is 23.8 Å². The summed E-state index contributed by atoms with van der Waals surface area (Å²) >= 11 is 0. The highest BCUT2D eigenvalue weighted by Crippen LogP contribution is 2.32. The molecule has 27 heavy (non-hydrogen) atoms. The van der Waals surface area contributed by atoms with Gasteiger partial charge in [0.15, 0.2) is 0 Å². The Morgan fingerprint density at radius 3 is 2.30 bits per heavy atom. The molecule has 1 aliphatic rings. The van der Waals surface area contributed by atoms with Crippen LogP contribution in [0.2, 0.25) is 0 Å². The normalized spacial score (nSPS) is 17.1. The number of benzene rings is 1. The predicted octanol–water partition coefficient (Wildman–Crippen LogP) is 3.13. The van der Waals surface area contributed by atoms with Gasteiger partial charge in [-0.15, -0.1) is 0 Å². The second-order valence-electron chi connectivity index (χ2n) is 8.48. The Morgan fingerprint density at radius 1 is 1.22 bits per heavy atom. The van der Waals surface area contributed by atoms with Gasteiger partial charge in [0.05, 0.1) is 7.11 Å². The Balaban J connectivity index is 2.18. The van der Waals surface area contributed by atoms with Gasteiger partial charge >= 0.3 is 0 Å². The van der Waals surface area contributed by atoms with Crippen LogP contribution in [-0.2, 0) is 14.8 Å². The summed E-state index contributed by atoms with van der Waals surface area (Å²) in [5.74, 6) is 0.419. The number of piperidine rings is 1. The van der Waals surface area contributed by atoms with Gasteiger partial charge in [-0.2, -0.15) is 4.31 Å². The van der Waals surface area contributed by atoms with Gasteiger partial charge in [-0.1, -0.05) is 19.9 Å². The van der Waals surface area contributed by atoms with E-state index in [0.717, 1.165) is 5.56 Å². The molecule has 1 aromatic carbocycles. The van der Waals surface area contributed by atoms with E-state index in [1.165, 1.54) is 11.4 Å². The Labute approximate surface area is 163 Å². The van der Waals surface area contributed by atoms with Gasteiger partial charge < -0.3 is 10.1 Å². The van der Waals surface area contributed by atoms with Gasteiger partial charge in [0.2, 0.25) is 15.9 Å². The van der Waals surface area contributed by atoms with Crippen LogP contribution in [0.5, 0.6) is 5.75 Å². The van der Waals surface area contributed by atoms with Crippen molar-refractivity contribution >= 4 is 15.9 Å². The van der Waals surface area contributed by atoms with Gasteiger partial charge in [0, 0.05) is 24.5 Å². The third kappa shape index (κ3) is 5.23. The average molecular weight is 397 g/mol. The van der Waals surface area contributed by atoms with Gasteiger partial charge in [-0.05, 0) is 57.2 Å². The Morgan fingerprint density at radius 2 is 1.81 bits per heavy atom. The van der Waals surface area contributed by atoms with Gasteiger partial charge in [0.25, 0.3) is 0 Å². The highest BCUT2D eigenvalue weighted by Gasteiger charge is 2.34. The molecule has 0 aliphatic carbocycles. The number of rotatable bonds is 5. The summed E-state index contributed by atoms with van der Waals surface area (Å²) in [6, 6.07) is 5.31. The van der Waals surface area contributed by atoms with Gasteiger partial charge in [-0.25, -0.2) is 8.42 Å². The Hall–Kier alpha value is -1.60. The Kier molecular flexibility index (Phi) is 6.58. The monoisotopic (exact) mass is 396 g/mol. The summed E-state index contributed by atoms with van der Waals surface area (Å²) in [6.07, 6.45) is 1.04. The first-order valence-corrected chi connectivity index (χ1v) is 10.9. The van der Waals surface area contributed by atoms with Crippen molar-refractivity contribution in [2.24, 2.45) is 5.92 Å². The SMILES string of the molecule is COc1ccc(C(C)C)cc1S(=O)(=O)N1CCC(C(=O)NC(C)(C)C)CC1. The number of nitrogens with zero attached hydrogens (tertiary/aromatic N) is 1. The molecule has 1 N–H and O–H groups in total. The zero-order valence-electron chi connectivity index (χ0n) is 17.2. The molecule has 0 atom stereocenters.